The van der Waals surface area contributed by atoms with Crippen molar-refractivity contribution in [1.82, 2.24) is 5.32 Å². The Labute approximate surface area is 144 Å². The van der Waals surface area contributed by atoms with Crippen LogP contribution in [-0.2, 0) is 33.4 Å². The second-order valence-electron chi connectivity index (χ2n) is 6.01. The van der Waals surface area contributed by atoms with E-state index in [9.17, 15) is 18.0 Å². The van der Waals surface area contributed by atoms with Crippen molar-refractivity contribution < 1.29 is 31.7 Å². The summed E-state index contributed by atoms with van der Waals surface area (Å²) < 4.78 is 39.7. The van der Waals surface area contributed by atoms with E-state index in [1.165, 1.54) is 0 Å². The molecule has 10 heteroatoms. The first-order valence-electron chi connectivity index (χ1n) is 7.58. The van der Waals surface area contributed by atoms with Gasteiger partial charge in [0.15, 0.2) is 0 Å². The molecule has 0 aromatic carbocycles. The summed E-state index contributed by atoms with van der Waals surface area (Å²) in [5.41, 5.74) is 0.468. The van der Waals surface area contributed by atoms with Crippen molar-refractivity contribution in [2.45, 2.75) is 43.0 Å². The number of thioether (sulfide) groups is 1. The number of rotatable bonds is 7. The van der Waals surface area contributed by atoms with E-state index in [1.54, 1.807) is 6.92 Å². The fourth-order valence-corrected chi connectivity index (χ4v) is 5.39. The standard InChI is InChI=1S/C14H19NO7S2/c1-7(2)14(17)23-4-3-15-10(16)6-20-11-8-5-9-12(21-8)13(11)22-24(9,18)19/h8-9,11-13H,1,3-6H2,2H3,(H,15,16). The largest absolute Gasteiger partial charge is 0.368 e. The smallest absolute Gasteiger partial charge is 0.273 e. The minimum absolute atomic E-state index is 0.103. The monoisotopic (exact) mass is 377 g/mol. The van der Waals surface area contributed by atoms with Gasteiger partial charge in [0.05, 0.1) is 6.10 Å². The predicted octanol–water partition coefficient (Wildman–Crippen LogP) is -0.408. The van der Waals surface area contributed by atoms with Crippen LogP contribution in [0.15, 0.2) is 12.2 Å². The molecule has 3 aliphatic rings. The number of hydrogen-bond donors (Lipinski definition) is 1. The first-order chi connectivity index (χ1) is 11.3. The van der Waals surface area contributed by atoms with Gasteiger partial charge < -0.3 is 14.8 Å². The minimum atomic E-state index is -3.58. The van der Waals surface area contributed by atoms with Crippen molar-refractivity contribution in [3.05, 3.63) is 12.2 Å². The van der Waals surface area contributed by atoms with Gasteiger partial charge in [0.2, 0.25) is 11.0 Å². The molecule has 3 aliphatic heterocycles. The number of nitrogens with one attached hydrogen (secondary N) is 1. The van der Waals surface area contributed by atoms with Crippen LogP contribution in [0, 0.1) is 0 Å². The maximum Gasteiger partial charge on any atom is 0.273 e. The summed E-state index contributed by atoms with van der Waals surface area (Å²) in [5, 5.41) is 1.93. The Morgan fingerprint density at radius 2 is 2.12 bits per heavy atom. The van der Waals surface area contributed by atoms with Gasteiger partial charge in [-0.25, -0.2) is 0 Å². The van der Waals surface area contributed by atoms with Gasteiger partial charge in [-0.2, -0.15) is 8.42 Å². The van der Waals surface area contributed by atoms with E-state index in [0.29, 0.717) is 24.3 Å². The highest BCUT2D eigenvalue weighted by Crippen LogP contribution is 2.47. The van der Waals surface area contributed by atoms with Crippen LogP contribution in [-0.4, -0.2) is 68.0 Å². The molecule has 0 aromatic rings. The lowest BCUT2D eigenvalue weighted by atomic mass is 9.94. The molecule has 3 heterocycles. The Morgan fingerprint density at radius 3 is 2.83 bits per heavy atom. The van der Waals surface area contributed by atoms with Gasteiger partial charge in [0.1, 0.15) is 30.2 Å². The van der Waals surface area contributed by atoms with Crippen molar-refractivity contribution in [2.24, 2.45) is 0 Å². The second-order valence-corrected chi connectivity index (χ2v) is 8.86. The van der Waals surface area contributed by atoms with Crippen molar-refractivity contribution in [1.29, 1.82) is 0 Å². The number of fused-ring (bicyclic) bond motifs is 1. The maximum atomic E-state index is 11.8. The summed E-state index contributed by atoms with van der Waals surface area (Å²) in [7, 11) is -3.58. The third kappa shape index (κ3) is 3.38. The summed E-state index contributed by atoms with van der Waals surface area (Å²) in [6.07, 6.45) is -1.70. The molecule has 0 saturated carbocycles. The first kappa shape index (κ1) is 17.9. The summed E-state index contributed by atoms with van der Waals surface area (Å²) in [6, 6.07) is 0. The van der Waals surface area contributed by atoms with Crippen LogP contribution in [0.2, 0.25) is 0 Å². The van der Waals surface area contributed by atoms with Crippen LogP contribution < -0.4 is 5.32 Å². The SMILES string of the molecule is C=C(C)C(=O)SCCNC(=O)COC1C2CC3C(O2)C1OS3(=O)=O. The van der Waals surface area contributed by atoms with Crippen LogP contribution in [0.25, 0.3) is 0 Å². The molecular weight excluding hydrogens is 358 g/mol. The zero-order valence-electron chi connectivity index (χ0n) is 13.1. The Kier molecular flexibility index (Phi) is 5.03. The molecule has 5 atom stereocenters. The molecule has 1 amide bonds. The topological polar surface area (TPSA) is 108 Å². The van der Waals surface area contributed by atoms with Crippen molar-refractivity contribution >= 4 is 32.9 Å². The van der Waals surface area contributed by atoms with Crippen LogP contribution in [0.3, 0.4) is 0 Å². The fourth-order valence-electron chi connectivity index (χ4n) is 3.11. The summed E-state index contributed by atoms with van der Waals surface area (Å²) >= 11 is 1.09. The Bertz CT molecular complexity index is 662. The minimum Gasteiger partial charge on any atom is -0.368 e. The van der Waals surface area contributed by atoms with Gasteiger partial charge >= 0.3 is 0 Å². The molecule has 0 aliphatic carbocycles. The summed E-state index contributed by atoms with van der Waals surface area (Å²) in [4.78, 5) is 23.1. The number of carbonyl (C=O) groups is 2. The van der Waals surface area contributed by atoms with Crippen molar-refractivity contribution in [2.75, 3.05) is 18.9 Å². The van der Waals surface area contributed by atoms with Crippen LogP contribution in [0.4, 0.5) is 0 Å². The zero-order valence-corrected chi connectivity index (χ0v) is 14.7. The highest BCUT2D eigenvalue weighted by atomic mass is 32.2. The predicted molar refractivity (Wildman–Crippen MR) is 85.9 cm³/mol. The molecule has 0 spiro atoms. The molecule has 0 radical (unpaired) electrons. The molecule has 3 rings (SSSR count). The molecule has 8 nitrogen and oxygen atoms in total. The molecule has 5 unspecified atom stereocenters. The number of amides is 1. The van der Waals surface area contributed by atoms with E-state index in [4.69, 9.17) is 13.7 Å². The Morgan fingerprint density at radius 1 is 1.38 bits per heavy atom. The van der Waals surface area contributed by atoms with Crippen molar-refractivity contribution in [3.8, 4) is 0 Å². The Balaban J connectivity index is 1.39. The molecule has 3 saturated heterocycles. The normalized spacial score (nSPS) is 35.1. The van der Waals surface area contributed by atoms with Gasteiger partial charge in [-0.15, -0.1) is 0 Å². The van der Waals surface area contributed by atoms with Crippen LogP contribution in [0.5, 0.6) is 0 Å². The average molecular weight is 377 g/mol. The highest BCUT2D eigenvalue weighted by Gasteiger charge is 2.66. The van der Waals surface area contributed by atoms with Crippen molar-refractivity contribution in [3.63, 3.8) is 0 Å². The first-order valence-corrected chi connectivity index (χ1v) is 10.0. The van der Waals surface area contributed by atoms with Crippen LogP contribution in [0.1, 0.15) is 13.3 Å². The second kappa shape index (κ2) is 6.75. The quantitative estimate of drug-likeness (QED) is 0.362. The average Bonchev–Trinajstić information content (AvgIpc) is 3.11. The third-order valence-corrected chi connectivity index (χ3v) is 6.92. The van der Waals surface area contributed by atoms with E-state index in [0.717, 1.165) is 11.8 Å². The summed E-state index contributed by atoms with van der Waals surface area (Å²) in [5.74, 6) is 0.110. The van der Waals surface area contributed by atoms with E-state index >= 15 is 0 Å². The zero-order chi connectivity index (χ0) is 17.5. The Hall–Kier alpha value is -0.940. The maximum absolute atomic E-state index is 11.8. The highest BCUT2D eigenvalue weighted by molar-refractivity contribution is 8.14. The van der Waals surface area contributed by atoms with Gasteiger partial charge in [0.25, 0.3) is 10.1 Å². The van der Waals surface area contributed by atoms with E-state index in [1.807, 2.05) is 0 Å². The number of carbonyl (C=O) groups excluding carboxylic acids is 2. The molecule has 134 valence electrons. The number of ether oxygens (including phenoxy) is 2. The van der Waals surface area contributed by atoms with Crippen LogP contribution >= 0.6 is 11.8 Å². The molecule has 0 aromatic heterocycles. The van der Waals surface area contributed by atoms with Gasteiger partial charge in [0, 0.05) is 12.3 Å². The lowest BCUT2D eigenvalue weighted by molar-refractivity contribution is -0.130. The van der Waals surface area contributed by atoms with Gasteiger partial charge in [-0.05, 0) is 18.9 Å². The molecule has 1 N–H and O–H groups in total. The molecular formula is C14H19NO7S2. The molecule has 2 bridgehead atoms. The van der Waals surface area contributed by atoms with E-state index in [-0.39, 0.29) is 23.7 Å². The van der Waals surface area contributed by atoms with E-state index in [2.05, 4.69) is 11.9 Å². The van der Waals surface area contributed by atoms with Gasteiger partial charge in [-0.3, -0.25) is 13.8 Å². The lowest BCUT2D eigenvalue weighted by Gasteiger charge is -2.21. The van der Waals surface area contributed by atoms with Gasteiger partial charge in [-0.1, -0.05) is 18.3 Å². The fraction of sp³-hybridized carbons (Fsp3) is 0.714. The summed E-state index contributed by atoms with van der Waals surface area (Å²) in [6.45, 7) is 5.30. The molecule has 24 heavy (non-hydrogen) atoms. The van der Waals surface area contributed by atoms with E-state index < -0.39 is 33.7 Å². The molecule has 3 fully saturated rings. The third-order valence-electron chi connectivity index (χ3n) is 4.21. The lowest BCUT2D eigenvalue weighted by Crippen LogP contribution is -2.42. The number of hydrogen-bond acceptors (Lipinski definition) is 8.